The molecular weight excluding hydrogens is 375 g/mol. The zero-order valence-corrected chi connectivity index (χ0v) is 16.9. The molecule has 0 aliphatic carbocycles. The van der Waals surface area contributed by atoms with Crippen molar-refractivity contribution in [3.63, 3.8) is 0 Å². The van der Waals surface area contributed by atoms with Crippen LogP contribution in [0.1, 0.15) is 43.4 Å². The van der Waals surface area contributed by atoms with Gasteiger partial charge in [-0.3, -0.25) is 9.59 Å². The van der Waals surface area contributed by atoms with Crippen molar-refractivity contribution in [2.24, 2.45) is 0 Å². The Bertz CT molecular complexity index is 859. The molecule has 3 rings (SSSR count). The molecule has 156 valence electrons. The van der Waals surface area contributed by atoms with Gasteiger partial charge in [0.05, 0.1) is 24.2 Å². The number of hydrogen-bond donors (Lipinski definition) is 1. The molecule has 2 aromatic rings. The average molecular weight is 402 g/mol. The lowest BCUT2D eigenvalue weighted by atomic mass is 9.91. The standard InChI is InChI=1S/C21H27FN4O3/c1-15(27)25-9-6-16(7-10-25)21-17(13-23-20(28)8-11-29-2)14-24-26(21)19-5-3-4-18(22)12-19/h3-5,12,14,16H,6-11,13H2,1-2H3,(H,23,28). The maximum Gasteiger partial charge on any atom is 0.222 e. The third kappa shape index (κ3) is 5.20. The highest BCUT2D eigenvalue weighted by molar-refractivity contribution is 5.76. The first kappa shape index (κ1) is 21.0. The molecule has 29 heavy (non-hydrogen) atoms. The van der Waals surface area contributed by atoms with E-state index >= 15 is 0 Å². The van der Waals surface area contributed by atoms with E-state index in [1.54, 1.807) is 31.0 Å². The minimum Gasteiger partial charge on any atom is -0.384 e. The van der Waals surface area contributed by atoms with Crippen LogP contribution in [0, 0.1) is 5.82 Å². The number of carbonyl (C=O) groups is 2. The van der Waals surface area contributed by atoms with Crippen LogP contribution < -0.4 is 5.32 Å². The number of piperidine rings is 1. The smallest absolute Gasteiger partial charge is 0.222 e. The fraction of sp³-hybridized carbons (Fsp3) is 0.476. The van der Waals surface area contributed by atoms with Gasteiger partial charge in [0.15, 0.2) is 0 Å². The number of amides is 2. The Hall–Kier alpha value is -2.74. The predicted molar refractivity (Wildman–Crippen MR) is 106 cm³/mol. The van der Waals surface area contributed by atoms with Crippen LogP contribution in [0.15, 0.2) is 30.5 Å². The molecule has 1 aromatic heterocycles. The summed E-state index contributed by atoms with van der Waals surface area (Å²) in [4.78, 5) is 25.5. The molecule has 0 spiro atoms. The summed E-state index contributed by atoms with van der Waals surface area (Å²) in [5, 5.41) is 7.40. The zero-order chi connectivity index (χ0) is 20.8. The van der Waals surface area contributed by atoms with Gasteiger partial charge in [-0.15, -0.1) is 0 Å². The Morgan fingerprint density at radius 1 is 1.31 bits per heavy atom. The van der Waals surface area contributed by atoms with Gasteiger partial charge < -0.3 is 15.0 Å². The molecule has 0 bridgehead atoms. The van der Waals surface area contributed by atoms with Crippen LogP contribution in [0.5, 0.6) is 0 Å². The summed E-state index contributed by atoms with van der Waals surface area (Å²) in [5.74, 6) is -0.178. The van der Waals surface area contributed by atoms with Crippen molar-refractivity contribution in [3.05, 3.63) is 47.5 Å². The van der Waals surface area contributed by atoms with E-state index in [4.69, 9.17) is 4.74 Å². The molecule has 0 saturated carbocycles. The number of halogens is 1. The van der Waals surface area contributed by atoms with Crippen LogP contribution >= 0.6 is 0 Å². The van der Waals surface area contributed by atoms with Crippen LogP contribution in [0.25, 0.3) is 5.69 Å². The molecule has 1 saturated heterocycles. The highest BCUT2D eigenvalue weighted by Gasteiger charge is 2.27. The Morgan fingerprint density at radius 2 is 2.07 bits per heavy atom. The highest BCUT2D eigenvalue weighted by Crippen LogP contribution is 2.32. The predicted octanol–water partition coefficient (Wildman–Crippen LogP) is 2.39. The molecule has 0 radical (unpaired) electrons. The number of methoxy groups -OCH3 is 1. The quantitative estimate of drug-likeness (QED) is 0.772. The van der Waals surface area contributed by atoms with E-state index in [0.29, 0.717) is 38.3 Å². The van der Waals surface area contributed by atoms with Crippen LogP contribution in [-0.4, -0.2) is 53.3 Å². The lowest BCUT2D eigenvalue weighted by molar-refractivity contribution is -0.129. The van der Waals surface area contributed by atoms with E-state index in [1.807, 2.05) is 11.0 Å². The molecule has 0 unspecified atom stereocenters. The second-order valence-corrected chi connectivity index (χ2v) is 7.25. The fourth-order valence-corrected chi connectivity index (χ4v) is 3.72. The molecule has 1 aliphatic rings. The summed E-state index contributed by atoms with van der Waals surface area (Å²) >= 11 is 0. The molecule has 1 fully saturated rings. The normalized spacial score (nSPS) is 14.8. The summed E-state index contributed by atoms with van der Waals surface area (Å²) in [6, 6.07) is 6.31. The number of hydrogen-bond acceptors (Lipinski definition) is 4. The third-order valence-electron chi connectivity index (χ3n) is 5.28. The zero-order valence-electron chi connectivity index (χ0n) is 16.9. The fourth-order valence-electron chi connectivity index (χ4n) is 3.72. The summed E-state index contributed by atoms with van der Waals surface area (Å²) in [7, 11) is 1.56. The largest absolute Gasteiger partial charge is 0.384 e. The van der Waals surface area contributed by atoms with Crippen LogP contribution in [0.4, 0.5) is 4.39 Å². The number of ether oxygens (including phenoxy) is 1. The van der Waals surface area contributed by atoms with E-state index in [9.17, 15) is 14.0 Å². The van der Waals surface area contributed by atoms with Crippen molar-refractivity contribution in [1.29, 1.82) is 0 Å². The minimum absolute atomic E-state index is 0.0766. The van der Waals surface area contributed by atoms with Gasteiger partial charge >= 0.3 is 0 Å². The lowest BCUT2D eigenvalue weighted by Crippen LogP contribution is -2.37. The monoisotopic (exact) mass is 402 g/mol. The van der Waals surface area contributed by atoms with Crippen molar-refractivity contribution in [1.82, 2.24) is 20.0 Å². The number of rotatable bonds is 7. The van der Waals surface area contributed by atoms with E-state index in [1.165, 1.54) is 12.1 Å². The van der Waals surface area contributed by atoms with Gasteiger partial charge in [-0.2, -0.15) is 5.10 Å². The number of nitrogens with zero attached hydrogens (tertiary/aromatic N) is 3. The number of aromatic nitrogens is 2. The topological polar surface area (TPSA) is 76.5 Å². The first-order valence-electron chi connectivity index (χ1n) is 9.83. The van der Waals surface area contributed by atoms with E-state index < -0.39 is 0 Å². The first-order valence-corrected chi connectivity index (χ1v) is 9.83. The lowest BCUT2D eigenvalue weighted by Gasteiger charge is -2.32. The van der Waals surface area contributed by atoms with Gasteiger partial charge in [0.1, 0.15) is 5.82 Å². The molecule has 2 amide bonds. The SMILES string of the molecule is COCCC(=O)NCc1cnn(-c2cccc(F)c2)c1C1CCN(C(C)=O)CC1. The van der Waals surface area contributed by atoms with Crippen LogP contribution in [0.2, 0.25) is 0 Å². The van der Waals surface area contributed by atoms with Gasteiger partial charge in [0, 0.05) is 51.6 Å². The molecule has 1 aliphatic heterocycles. The molecule has 7 nitrogen and oxygen atoms in total. The molecular formula is C21H27FN4O3. The van der Waals surface area contributed by atoms with Crippen LogP contribution in [-0.2, 0) is 20.9 Å². The van der Waals surface area contributed by atoms with Crippen molar-refractivity contribution < 1.29 is 18.7 Å². The summed E-state index contributed by atoms with van der Waals surface area (Å²) in [5.41, 5.74) is 2.51. The van der Waals surface area contributed by atoms with E-state index in [-0.39, 0.29) is 23.5 Å². The van der Waals surface area contributed by atoms with Crippen LogP contribution in [0.3, 0.4) is 0 Å². The Balaban J connectivity index is 1.85. The first-order chi connectivity index (χ1) is 14.0. The van der Waals surface area contributed by atoms with Crippen molar-refractivity contribution in [2.75, 3.05) is 26.8 Å². The summed E-state index contributed by atoms with van der Waals surface area (Å²) in [6.45, 7) is 3.64. The summed E-state index contributed by atoms with van der Waals surface area (Å²) in [6.07, 6.45) is 3.62. The van der Waals surface area contributed by atoms with E-state index in [0.717, 1.165) is 24.1 Å². The highest BCUT2D eigenvalue weighted by atomic mass is 19.1. The molecule has 0 atom stereocenters. The Morgan fingerprint density at radius 3 is 2.72 bits per heavy atom. The van der Waals surface area contributed by atoms with Crippen molar-refractivity contribution in [2.45, 2.75) is 38.6 Å². The molecule has 1 N–H and O–H groups in total. The Labute approximate surface area is 169 Å². The van der Waals surface area contributed by atoms with Gasteiger partial charge in [-0.1, -0.05) is 6.07 Å². The van der Waals surface area contributed by atoms with Crippen molar-refractivity contribution in [3.8, 4) is 5.69 Å². The number of likely N-dealkylation sites (tertiary alicyclic amines) is 1. The molecule has 8 heteroatoms. The Kier molecular flexibility index (Phi) is 6.98. The summed E-state index contributed by atoms with van der Waals surface area (Å²) < 4.78 is 20.5. The van der Waals surface area contributed by atoms with E-state index in [2.05, 4.69) is 10.4 Å². The van der Waals surface area contributed by atoms with Gasteiger partial charge in [-0.05, 0) is 31.0 Å². The second-order valence-electron chi connectivity index (χ2n) is 7.25. The minimum atomic E-state index is -0.329. The molecule has 2 heterocycles. The number of benzene rings is 1. The number of carbonyl (C=O) groups excluding carboxylic acids is 2. The third-order valence-corrected chi connectivity index (χ3v) is 5.28. The van der Waals surface area contributed by atoms with Crippen molar-refractivity contribution >= 4 is 11.8 Å². The maximum atomic E-state index is 13.8. The van der Waals surface area contributed by atoms with Gasteiger partial charge in [0.2, 0.25) is 11.8 Å². The molecule has 1 aromatic carbocycles. The maximum absolute atomic E-state index is 13.8. The second kappa shape index (κ2) is 9.65. The number of nitrogens with one attached hydrogen (secondary N) is 1. The van der Waals surface area contributed by atoms with Gasteiger partial charge in [-0.25, -0.2) is 9.07 Å². The average Bonchev–Trinajstić information content (AvgIpc) is 3.14. The van der Waals surface area contributed by atoms with Gasteiger partial charge in [0.25, 0.3) is 0 Å².